The molecule has 1 aliphatic rings. The number of ether oxygens (including phenoxy) is 2. The molecule has 0 amide bonds. The van der Waals surface area contributed by atoms with Crippen molar-refractivity contribution in [3.63, 3.8) is 0 Å². The maximum atomic E-state index is 5.75. The normalized spacial score (nSPS) is 23.7. The largest absolute Gasteiger partial charge is 0.475 e. The van der Waals surface area contributed by atoms with Crippen molar-refractivity contribution in [3.8, 4) is 5.88 Å². The Labute approximate surface area is 113 Å². The summed E-state index contributed by atoms with van der Waals surface area (Å²) in [4.78, 5) is 10.5. The van der Waals surface area contributed by atoms with Crippen LogP contribution in [0, 0.1) is 0 Å². The smallest absolute Gasteiger partial charge is 0.225 e. The minimum atomic E-state index is 0.0599. The van der Waals surface area contributed by atoms with E-state index in [1.165, 1.54) is 0 Å². The summed E-state index contributed by atoms with van der Waals surface area (Å²) in [6.07, 6.45) is 0.411. The second kappa shape index (κ2) is 5.61. The van der Waals surface area contributed by atoms with Gasteiger partial charge in [-0.2, -0.15) is 9.97 Å². The topological polar surface area (TPSA) is 73.5 Å². The molecule has 0 radical (unpaired) electrons. The average molecular weight is 266 g/mol. The van der Waals surface area contributed by atoms with E-state index in [9.17, 15) is 0 Å². The molecule has 0 aliphatic carbocycles. The molecular weight excluding hydrogens is 244 g/mol. The Hall–Kier alpha value is -1.56. The predicted octanol–water partition coefficient (Wildman–Crippen LogP) is 1.46. The van der Waals surface area contributed by atoms with Gasteiger partial charge in [-0.15, -0.1) is 0 Å². The maximum absolute atomic E-state index is 5.75. The summed E-state index contributed by atoms with van der Waals surface area (Å²) in [5.74, 6) is 1.55. The Morgan fingerprint density at radius 1 is 1.32 bits per heavy atom. The zero-order valence-electron chi connectivity index (χ0n) is 12.0. The first-order valence-electron chi connectivity index (χ1n) is 6.65. The fourth-order valence-electron chi connectivity index (χ4n) is 2.26. The summed E-state index contributed by atoms with van der Waals surface area (Å²) in [6, 6.07) is 1.83. The van der Waals surface area contributed by atoms with Crippen LogP contribution in [-0.4, -0.2) is 41.4 Å². The van der Waals surface area contributed by atoms with Crippen LogP contribution in [0.2, 0.25) is 0 Å². The van der Waals surface area contributed by atoms with Crippen LogP contribution in [0.3, 0.4) is 0 Å². The standard InChI is InChI=1S/C13H22N4O2/c1-8(2)18-12-5-11(15-13(14)16-12)17-6-9(3)19-10(4)7-17/h5,8-10H,6-7H2,1-4H3,(H2,14,15,16)/t9-,10+. The van der Waals surface area contributed by atoms with Crippen LogP contribution >= 0.6 is 0 Å². The lowest BCUT2D eigenvalue weighted by molar-refractivity contribution is -0.00548. The number of hydrogen-bond donors (Lipinski definition) is 1. The number of nitrogens with two attached hydrogens (primary N) is 1. The van der Waals surface area contributed by atoms with Gasteiger partial charge in [0.25, 0.3) is 0 Å². The van der Waals surface area contributed by atoms with Gasteiger partial charge in [0.15, 0.2) is 0 Å². The Bertz CT molecular complexity index is 429. The third kappa shape index (κ3) is 3.70. The van der Waals surface area contributed by atoms with Gasteiger partial charge < -0.3 is 20.1 Å². The van der Waals surface area contributed by atoms with E-state index in [2.05, 4.69) is 28.7 Å². The lowest BCUT2D eigenvalue weighted by atomic mass is 10.2. The Kier molecular flexibility index (Phi) is 4.09. The quantitative estimate of drug-likeness (QED) is 0.893. The van der Waals surface area contributed by atoms with E-state index in [1.807, 2.05) is 19.9 Å². The van der Waals surface area contributed by atoms with Crippen LogP contribution in [-0.2, 0) is 4.74 Å². The van der Waals surface area contributed by atoms with Crippen LogP contribution in [0.1, 0.15) is 27.7 Å². The molecule has 1 aromatic heterocycles. The first-order chi connectivity index (χ1) is 8.94. The van der Waals surface area contributed by atoms with Crippen LogP contribution in [0.25, 0.3) is 0 Å². The number of nitrogen functional groups attached to an aromatic ring is 1. The lowest BCUT2D eigenvalue weighted by Gasteiger charge is -2.36. The molecule has 1 aliphatic heterocycles. The summed E-state index contributed by atoms with van der Waals surface area (Å²) in [5.41, 5.74) is 5.75. The minimum absolute atomic E-state index is 0.0599. The molecule has 6 heteroatoms. The molecule has 19 heavy (non-hydrogen) atoms. The molecule has 2 rings (SSSR count). The van der Waals surface area contributed by atoms with Crippen molar-refractivity contribution in [1.82, 2.24) is 9.97 Å². The minimum Gasteiger partial charge on any atom is -0.475 e. The molecule has 0 spiro atoms. The molecule has 6 nitrogen and oxygen atoms in total. The summed E-state index contributed by atoms with van der Waals surface area (Å²) >= 11 is 0. The van der Waals surface area contributed by atoms with E-state index in [1.54, 1.807) is 0 Å². The molecule has 0 unspecified atom stereocenters. The van der Waals surface area contributed by atoms with E-state index in [-0.39, 0.29) is 24.3 Å². The summed E-state index contributed by atoms with van der Waals surface area (Å²) in [7, 11) is 0. The van der Waals surface area contributed by atoms with Crippen molar-refractivity contribution in [2.24, 2.45) is 0 Å². The van der Waals surface area contributed by atoms with Crippen molar-refractivity contribution in [3.05, 3.63) is 6.07 Å². The highest BCUT2D eigenvalue weighted by molar-refractivity contribution is 5.46. The SMILES string of the molecule is CC(C)Oc1cc(N2C[C@@H](C)O[C@@H](C)C2)nc(N)n1. The molecule has 2 N–H and O–H groups in total. The number of rotatable bonds is 3. The molecule has 0 saturated carbocycles. The number of hydrogen-bond acceptors (Lipinski definition) is 6. The van der Waals surface area contributed by atoms with Gasteiger partial charge in [-0.1, -0.05) is 0 Å². The molecule has 1 fully saturated rings. The van der Waals surface area contributed by atoms with Gasteiger partial charge in [0.2, 0.25) is 11.8 Å². The maximum Gasteiger partial charge on any atom is 0.225 e. The number of anilines is 2. The molecule has 106 valence electrons. The van der Waals surface area contributed by atoms with Crippen LogP contribution in [0.15, 0.2) is 6.07 Å². The first-order valence-corrected chi connectivity index (χ1v) is 6.65. The van der Waals surface area contributed by atoms with E-state index in [0.29, 0.717) is 5.88 Å². The van der Waals surface area contributed by atoms with Gasteiger partial charge in [-0.05, 0) is 27.7 Å². The van der Waals surface area contributed by atoms with E-state index < -0.39 is 0 Å². The van der Waals surface area contributed by atoms with Gasteiger partial charge in [0, 0.05) is 19.2 Å². The fourth-order valence-corrected chi connectivity index (χ4v) is 2.26. The fraction of sp³-hybridized carbons (Fsp3) is 0.692. The second-order valence-corrected chi connectivity index (χ2v) is 5.25. The summed E-state index contributed by atoms with van der Waals surface area (Å²) < 4.78 is 11.3. The zero-order valence-corrected chi connectivity index (χ0v) is 12.0. The highest BCUT2D eigenvalue weighted by atomic mass is 16.5. The number of morpholine rings is 1. The van der Waals surface area contributed by atoms with Gasteiger partial charge in [0.05, 0.1) is 18.3 Å². The molecule has 1 aromatic rings. The van der Waals surface area contributed by atoms with Crippen molar-refractivity contribution in [1.29, 1.82) is 0 Å². The third-order valence-electron chi connectivity index (χ3n) is 2.81. The van der Waals surface area contributed by atoms with E-state index >= 15 is 0 Å². The molecule has 2 atom stereocenters. The predicted molar refractivity (Wildman–Crippen MR) is 74.4 cm³/mol. The summed E-state index contributed by atoms with van der Waals surface area (Å²) in [5, 5.41) is 0. The van der Waals surface area contributed by atoms with Crippen LogP contribution < -0.4 is 15.4 Å². The Morgan fingerprint density at radius 3 is 2.53 bits per heavy atom. The molecule has 0 bridgehead atoms. The highest BCUT2D eigenvalue weighted by Gasteiger charge is 2.24. The first kappa shape index (κ1) is 13.9. The van der Waals surface area contributed by atoms with Crippen molar-refractivity contribution in [2.75, 3.05) is 23.7 Å². The van der Waals surface area contributed by atoms with E-state index in [4.69, 9.17) is 15.2 Å². The number of aromatic nitrogens is 2. The van der Waals surface area contributed by atoms with Gasteiger partial charge in [0.1, 0.15) is 5.82 Å². The van der Waals surface area contributed by atoms with Gasteiger partial charge in [-0.3, -0.25) is 0 Å². The molecular formula is C13H22N4O2. The Morgan fingerprint density at radius 2 is 1.95 bits per heavy atom. The molecule has 1 saturated heterocycles. The average Bonchev–Trinajstić information content (AvgIpc) is 2.25. The molecule has 0 aromatic carbocycles. The van der Waals surface area contributed by atoms with Crippen molar-refractivity contribution < 1.29 is 9.47 Å². The monoisotopic (exact) mass is 266 g/mol. The third-order valence-corrected chi connectivity index (χ3v) is 2.81. The van der Waals surface area contributed by atoms with Crippen LogP contribution in [0.5, 0.6) is 5.88 Å². The second-order valence-electron chi connectivity index (χ2n) is 5.25. The zero-order chi connectivity index (χ0) is 14.0. The van der Waals surface area contributed by atoms with Crippen LogP contribution in [0.4, 0.5) is 11.8 Å². The lowest BCUT2D eigenvalue weighted by Crippen LogP contribution is -2.45. The molecule has 2 heterocycles. The van der Waals surface area contributed by atoms with Gasteiger partial charge >= 0.3 is 0 Å². The van der Waals surface area contributed by atoms with E-state index in [0.717, 1.165) is 18.9 Å². The number of nitrogens with zero attached hydrogens (tertiary/aromatic N) is 3. The van der Waals surface area contributed by atoms with Crippen molar-refractivity contribution >= 4 is 11.8 Å². The summed E-state index contributed by atoms with van der Waals surface area (Å²) in [6.45, 7) is 9.61. The Balaban J connectivity index is 2.21. The van der Waals surface area contributed by atoms with Gasteiger partial charge in [-0.25, -0.2) is 0 Å². The van der Waals surface area contributed by atoms with Crippen molar-refractivity contribution in [2.45, 2.75) is 46.0 Å². The highest BCUT2D eigenvalue weighted by Crippen LogP contribution is 2.23.